The molecule has 0 bridgehead atoms. The van der Waals surface area contributed by atoms with Crippen molar-refractivity contribution in [3.05, 3.63) is 64.7 Å². The summed E-state index contributed by atoms with van der Waals surface area (Å²) in [6.07, 6.45) is 2.95. The molecule has 110 valence electrons. The van der Waals surface area contributed by atoms with Gasteiger partial charge in [-0.1, -0.05) is 6.07 Å². The van der Waals surface area contributed by atoms with Crippen molar-refractivity contribution in [1.29, 1.82) is 0 Å². The first-order valence-corrected chi connectivity index (χ1v) is 7.12. The van der Waals surface area contributed by atoms with Crippen molar-refractivity contribution in [3.8, 4) is 5.75 Å². The number of hydrogen-bond donors (Lipinski definition) is 2. The van der Waals surface area contributed by atoms with Crippen molar-refractivity contribution in [1.82, 2.24) is 5.32 Å². The Morgan fingerprint density at radius 1 is 1.14 bits per heavy atom. The molecule has 2 nitrogen and oxygen atoms in total. The van der Waals surface area contributed by atoms with Crippen molar-refractivity contribution >= 4 is 0 Å². The lowest BCUT2D eigenvalue weighted by Gasteiger charge is -2.26. The number of rotatable bonds is 3. The first-order valence-electron chi connectivity index (χ1n) is 7.12. The van der Waals surface area contributed by atoms with Crippen molar-refractivity contribution in [2.75, 3.05) is 0 Å². The number of benzene rings is 2. The third-order valence-corrected chi connectivity index (χ3v) is 3.99. The van der Waals surface area contributed by atoms with Crippen LogP contribution in [0.5, 0.6) is 5.75 Å². The molecule has 0 radical (unpaired) electrons. The number of nitrogens with one attached hydrogen (secondary N) is 1. The molecule has 0 saturated heterocycles. The Labute approximate surface area is 122 Å². The van der Waals surface area contributed by atoms with E-state index in [-0.39, 0.29) is 18.3 Å². The van der Waals surface area contributed by atoms with E-state index in [0.29, 0.717) is 5.56 Å². The SMILES string of the molecule is Oc1ccc2c(c1)C(NCc1cc(F)ccc1F)CCC2. The molecule has 1 unspecified atom stereocenters. The molecule has 2 N–H and O–H groups in total. The molecule has 21 heavy (non-hydrogen) atoms. The lowest BCUT2D eigenvalue weighted by molar-refractivity contribution is 0.441. The van der Waals surface area contributed by atoms with E-state index in [1.165, 1.54) is 11.6 Å². The number of fused-ring (bicyclic) bond motifs is 1. The van der Waals surface area contributed by atoms with E-state index in [9.17, 15) is 13.9 Å². The van der Waals surface area contributed by atoms with E-state index in [4.69, 9.17) is 0 Å². The molecule has 0 aromatic heterocycles. The van der Waals surface area contributed by atoms with Crippen molar-refractivity contribution < 1.29 is 13.9 Å². The van der Waals surface area contributed by atoms with E-state index in [0.717, 1.165) is 37.0 Å². The van der Waals surface area contributed by atoms with Crippen LogP contribution in [0.15, 0.2) is 36.4 Å². The minimum atomic E-state index is -0.435. The summed E-state index contributed by atoms with van der Waals surface area (Å²) >= 11 is 0. The topological polar surface area (TPSA) is 32.3 Å². The van der Waals surface area contributed by atoms with Crippen LogP contribution in [0.2, 0.25) is 0 Å². The lowest BCUT2D eigenvalue weighted by atomic mass is 9.87. The maximum atomic E-state index is 13.6. The van der Waals surface area contributed by atoms with Crippen LogP contribution in [0, 0.1) is 11.6 Å². The predicted octanol–water partition coefficient (Wildman–Crippen LogP) is 3.84. The van der Waals surface area contributed by atoms with Crippen molar-refractivity contribution in [2.45, 2.75) is 31.8 Å². The van der Waals surface area contributed by atoms with Crippen LogP contribution in [-0.2, 0) is 13.0 Å². The highest BCUT2D eigenvalue weighted by Gasteiger charge is 2.20. The van der Waals surface area contributed by atoms with E-state index in [1.807, 2.05) is 6.07 Å². The van der Waals surface area contributed by atoms with Crippen LogP contribution in [0.25, 0.3) is 0 Å². The summed E-state index contributed by atoms with van der Waals surface area (Å²) in [4.78, 5) is 0. The zero-order chi connectivity index (χ0) is 14.8. The molecule has 0 fully saturated rings. The zero-order valence-corrected chi connectivity index (χ0v) is 11.6. The molecule has 1 atom stereocenters. The van der Waals surface area contributed by atoms with Gasteiger partial charge in [-0.05, 0) is 60.7 Å². The zero-order valence-electron chi connectivity index (χ0n) is 11.6. The molecular formula is C17H17F2NO. The molecule has 2 aromatic rings. The van der Waals surface area contributed by atoms with E-state index in [2.05, 4.69) is 5.32 Å². The summed E-state index contributed by atoms with van der Waals surface area (Å²) in [6, 6.07) is 8.92. The normalized spacial score (nSPS) is 17.5. The fourth-order valence-corrected chi connectivity index (χ4v) is 2.91. The summed E-state index contributed by atoms with van der Waals surface area (Å²) in [5, 5.41) is 12.9. The maximum Gasteiger partial charge on any atom is 0.127 e. The highest BCUT2D eigenvalue weighted by molar-refractivity contribution is 5.38. The minimum Gasteiger partial charge on any atom is -0.508 e. The van der Waals surface area contributed by atoms with Crippen molar-refractivity contribution in [2.24, 2.45) is 0 Å². The quantitative estimate of drug-likeness (QED) is 0.900. The highest BCUT2D eigenvalue weighted by atomic mass is 19.1. The molecule has 0 heterocycles. The smallest absolute Gasteiger partial charge is 0.127 e. The predicted molar refractivity (Wildman–Crippen MR) is 77.0 cm³/mol. The number of halogens is 2. The Kier molecular flexibility index (Phi) is 3.88. The number of phenolic OH excluding ortho intramolecular Hbond substituents is 1. The van der Waals surface area contributed by atoms with Gasteiger partial charge in [-0.2, -0.15) is 0 Å². The van der Waals surface area contributed by atoms with Gasteiger partial charge in [0.1, 0.15) is 17.4 Å². The Hall–Kier alpha value is -1.94. The summed E-state index contributed by atoms with van der Waals surface area (Å²) in [7, 11) is 0. The van der Waals surface area contributed by atoms with E-state index in [1.54, 1.807) is 12.1 Å². The standard InChI is InChI=1S/C17H17F2NO/c18-13-5-7-16(19)12(8-13)10-20-17-3-1-2-11-4-6-14(21)9-15(11)17/h4-9,17,20-21H,1-3,10H2. The van der Waals surface area contributed by atoms with Gasteiger partial charge in [0.15, 0.2) is 0 Å². The Bertz CT molecular complexity index is 657. The molecule has 0 aliphatic heterocycles. The molecule has 3 rings (SSSR count). The fraction of sp³-hybridized carbons (Fsp3) is 0.294. The van der Waals surface area contributed by atoms with Gasteiger partial charge in [0, 0.05) is 18.2 Å². The van der Waals surface area contributed by atoms with Crippen LogP contribution in [0.1, 0.15) is 35.6 Å². The monoisotopic (exact) mass is 289 g/mol. The second-order valence-corrected chi connectivity index (χ2v) is 5.44. The van der Waals surface area contributed by atoms with Gasteiger partial charge in [0.25, 0.3) is 0 Å². The Morgan fingerprint density at radius 3 is 2.86 bits per heavy atom. The Balaban J connectivity index is 1.78. The third-order valence-electron chi connectivity index (χ3n) is 3.99. The van der Waals surface area contributed by atoms with Crippen LogP contribution in [0.4, 0.5) is 8.78 Å². The molecule has 0 amide bonds. The van der Waals surface area contributed by atoms with Crippen LogP contribution in [0.3, 0.4) is 0 Å². The van der Waals surface area contributed by atoms with Gasteiger partial charge < -0.3 is 10.4 Å². The van der Waals surface area contributed by atoms with E-state index < -0.39 is 11.6 Å². The number of aryl methyl sites for hydroxylation is 1. The second-order valence-electron chi connectivity index (χ2n) is 5.44. The van der Waals surface area contributed by atoms with Gasteiger partial charge >= 0.3 is 0 Å². The molecule has 1 aliphatic carbocycles. The first kappa shape index (κ1) is 14.0. The maximum absolute atomic E-state index is 13.6. The van der Waals surface area contributed by atoms with Crippen molar-refractivity contribution in [3.63, 3.8) is 0 Å². The first-order chi connectivity index (χ1) is 10.1. The van der Waals surface area contributed by atoms with E-state index >= 15 is 0 Å². The summed E-state index contributed by atoms with van der Waals surface area (Å²) < 4.78 is 26.8. The van der Waals surface area contributed by atoms with Gasteiger partial charge in [-0.15, -0.1) is 0 Å². The summed E-state index contributed by atoms with van der Waals surface area (Å²) in [5.74, 6) is -0.606. The molecule has 1 aliphatic rings. The second kappa shape index (κ2) is 5.82. The largest absolute Gasteiger partial charge is 0.508 e. The molecule has 4 heteroatoms. The fourth-order valence-electron chi connectivity index (χ4n) is 2.91. The minimum absolute atomic E-state index is 0.0588. The van der Waals surface area contributed by atoms with Crippen LogP contribution >= 0.6 is 0 Å². The molecule has 0 spiro atoms. The average molecular weight is 289 g/mol. The number of aromatic hydroxyl groups is 1. The molecule has 0 saturated carbocycles. The molecule has 2 aromatic carbocycles. The number of phenols is 1. The Morgan fingerprint density at radius 2 is 2.00 bits per heavy atom. The van der Waals surface area contributed by atoms with Gasteiger partial charge in [-0.25, -0.2) is 8.78 Å². The molecular weight excluding hydrogens is 272 g/mol. The average Bonchev–Trinajstić information content (AvgIpc) is 2.48. The number of hydrogen-bond acceptors (Lipinski definition) is 2. The van der Waals surface area contributed by atoms with Crippen LogP contribution < -0.4 is 5.32 Å². The third kappa shape index (κ3) is 3.05. The van der Waals surface area contributed by atoms with Gasteiger partial charge in [0.05, 0.1) is 0 Å². The van der Waals surface area contributed by atoms with Gasteiger partial charge in [-0.3, -0.25) is 0 Å². The summed E-state index contributed by atoms with van der Waals surface area (Å²) in [5.41, 5.74) is 2.58. The summed E-state index contributed by atoms with van der Waals surface area (Å²) in [6.45, 7) is 0.267. The van der Waals surface area contributed by atoms with Crippen LogP contribution in [-0.4, -0.2) is 5.11 Å². The highest BCUT2D eigenvalue weighted by Crippen LogP contribution is 2.32. The lowest BCUT2D eigenvalue weighted by Crippen LogP contribution is -2.25. The van der Waals surface area contributed by atoms with Gasteiger partial charge in [0.2, 0.25) is 0 Å².